The number of carboxylic acids is 1. The van der Waals surface area contributed by atoms with Crippen molar-refractivity contribution in [3.05, 3.63) is 23.3 Å². The molecule has 0 aliphatic heterocycles. The first-order chi connectivity index (χ1) is 7.99. The molecule has 0 amide bonds. The zero-order valence-corrected chi connectivity index (χ0v) is 8.48. The Bertz CT molecular complexity index is 561. The van der Waals surface area contributed by atoms with E-state index in [1.807, 2.05) is 0 Å². The average molecular weight is 244 g/mol. The number of rotatable bonds is 3. The molecule has 1 N–H and O–H groups in total. The Morgan fingerprint density at radius 3 is 2.65 bits per heavy atom. The summed E-state index contributed by atoms with van der Waals surface area (Å²) in [6.07, 6.45) is -3.04. The molecule has 0 bridgehead atoms. The summed E-state index contributed by atoms with van der Waals surface area (Å²) in [7, 11) is 0. The zero-order valence-electron chi connectivity index (χ0n) is 8.48. The van der Waals surface area contributed by atoms with Gasteiger partial charge in [0, 0.05) is 6.07 Å². The normalized spacial score (nSPS) is 11.1. The van der Waals surface area contributed by atoms with Crippen LogP contribution in [0.3, 0.4) is 0 Å². The van der Waals surface area contributed by atoms with Crippen LogP contribution in [0.1, 0.15) is 28.4 Å². The van der Waals surface area contributed by atoms with E-state index in [-0.39, 0.29) is 11.6 Å². The summed E-state index contributed by atoms with van der Waals surface area (Å²) in [6.45, 7) is 1.59. The van der Waals surface area contributed by atoms with E-state index in [4.69, 9.17) is 14.0 Å². The summed E-state index contributed by atoms with van der Waals surface area (Å²) in [5, 5.41) is 12.2. The molecule has 2 heterocycles. The van der Waals surface area contributed by atoms with Gasteiger partial charge in [0.25, 0.3) is 6.43 Å². The molecule has 0 aliphatic carbocycles. The van der Waals surface area contributed by atoms with E-state index < -0.39 is 23.8 Å². The zero-order chi connectivity index (χ0) is 12.6. The Balaban J connectivity index is 2.50. The summed E-state index contributed by atoms with van der Waals surface area (Å²) in [5.74, 6) is -2.39. The Kier molecular flexibility index (Phi) is 2.62. The van der Waals surface area contributed by atoms with Gasteiger partial charge in [-0.05, 0) is 6.92 Å². The third-order valence-electron chi connectivity index (χ3n) is 1.90. The van der Waals surface area contributed by atoms with E-state index in [2.05, 4.69) is 10.1 Å². The van der Waals surface area contributed by atoms with E-state index in [1.165, 1.54) is 6.07 Å². The second-order valence-electron chi connectivity index (χ2n) is 3.16. The number of aryl methyl sites for hydroxylation is 1. The van der Waals surface area contributed by atoms with Crippen molar-refractivity contribution < 1.29 is 27.6 Å². The summed E-state index contributed by atoms with van der Waals surface area (Å²) in [6, 6.07) is 1.40. The third-order valence-corrected chi connectivity index (χ3v) is 1.90. The fraction of sp³-hybridized carbons (Fsp3) is 0.222. The Hall–Kier alpha value is -2.25. The summed E-state index contributed by atoms with van der Waals surface area (Å²) >= 11 is 0. The molecule has 0 fully saturated rings. The first-order valence-corrected chi connectivity index (χ1v) is 4.45. The lowest BCUT2D eigenvalue weighted by Gasteiger charge is -1.91. The highest BCUT2D eigenvalue weighted by Gasteiger charge is 2.27. The molecule has 0 unspecified atom stereocenters. The molecule has 0 atom stereocenters. The summed E-state index contributed by atoms with van der Waals surface area (Å²) in [5.41, 5.74) is -0.856. The monoisotopic (exact) mass is 244 g/mol. The van der Waals surface area contributed by atoms with Gasteiger partial charge in [-0.25, -0.2) is 18.6 Å². The van der Waals surface area contributed by atoms with E-state index in [0.29, 0.717) is 5.76 Å². The van der Waals surface area contributed by atoms with Crippen molar-refractivity contribution in [1.82, 2.24) is 10.1 Å². The summed E-state index contributed by atoms with van der Waals surface area (Å²) in [4.78, 5) is 14.1. The van der Waals surface area contributed by atoms with Crippen LogP contribution in [0, 0.1) is 6.92 Å². The fourth-order valence-electron chi connectivity index (χ4n) is 1.21. The van der Waals surface area contributed by atoms with Crippen LogP contribution in [0.2, 0.25) is 0 Å². The van der Waals surface area contributed by atoms with Crippen LogP contribution in [-0.4, -0.2) is 21.2 Å². The maximum absolute atomic E-state index is 12.5. The maximum Gasteiger partial charge on any atom is 0.374 e. The smallest absolute Gasteiger partial charge is 0.374 e. The molecule has 2 aromatic heterocycles. The number of carbonyl (C=O) groups is 1. The standard InChI is InChI=1S/C9H6F2N2O4/c1-3-2-4(13-17-3)8-12-5(7(10)11)6(16-8)9(14)15/h2,7H,1H3,(H,14,15). The largest absolute Gasteiger partial charge is 0.475 e. The van der Waals surface area contributed by atoms with Gasteiger partial charge in [-0.3, -0.25) is 0 Å². The first kappa shape index (κ1) is 11.2. The van der Waals surface area contributed by atoms with Crippen molar-refractivity contribution >= 4 is 5.97 Å². The van der Waals surface area contributed by atoms with Crippen LogP contribution >= 0.6 is 0 Å². The van der Waals surface area contributed by atoms with Crippen molar-refractivity contribution in [2.75, 3.05) is 0 Å². The van der Waals surface area contributed by atoms with Gasteiger partial charge in [0.15, 0.2) is 11.4 Å². The number of carboxylic acid groups (broad SMARTS) is 1. The lowest BCUT2D eigenvalue weighted by Crippen LogP contribution is -1.99. The maximum atomic E-state index is 12.5. The number of nitrogens with zero attached hydrogens (tertiary/aromatic N) is 2. The molecule has 0 aliphatic rings. The van der Waals surface area contributed by atoms with Gasteiger partial charge in [0.1, 0.15) is 5.76 Å². The van der Waals surface area contributed by atoms with Crippen LogP contribution in [0.15, 0.2) is 15.0 Å². The van der Waals surface area contributed by atoms with Gasteiger partial charge in [-0.2, -0.15) is 0 Å². The van der Waals surface area contributed by atoms with Gasteiger partial charge in [0.05, 0.1) is 0 Å². The third kappa shape index (κ3) is 2.01. The lowest BCUT2D eigenvalue weighted by atomic mass is 10.3. The Morgan fingerprint density at radius 2 is 2.24 bits per heavy atom. The van der Waals surface area contributed by atoms with Crippen molar-refractivity contribution in [3.8, 4) is 11.6 Å². The highest BCUT2D eigenvalue weighted by Crippen LogP contribution is 2.27. The molecule has 0 aromatic carbocycles. The van der Waals surface area contributed by atoms with E-state index in [1.54, 1.807) is 6.92 Å². The molecule has 17 heavy (non-hydrogen) atoms. The minimum Gasteiger partial charge on any atom is -0.475 e. The molecular weight excluding hydrogens is 238 g/mol. The molecule has 0 radical (unpaired) electrons. The van der Waals surface area contributed by atoms with Crippen LogP contribution in [-0.2, 0) is 0 Å². The second kappa shape index (κ2) is 3.96. The number of halogens is 2. The van der Waals surface area contributed by atoms with Gasteiger partial charge < -0.3 is 14.0 Å². The van der Waals surface area contributed by atoms with Gasteiger partial charge >= 0.3 is 5.97 Å². The number of aromatic nitrogens is 2. The Morgan fingerprint density at radius 1 is 1.53 bits per heavy atom. The van der Waals surface area contributed by atoms with Crippen LogP contribution < -0.4 is 0 Å². The van der Waals surface area contributed by atoms with Crippen molar-refractivity contribution in [1.29, 1.82) is 0 Å². The lowest BCUT2D eigenvalue weighted by molar-refractivity contribution is 0.0646. The summed E-state index contributed by atoms with van der Waals surface area (Å²) < 4.78 is 34.4. The van der Waals surface area contributed by atoms with E-state index >= 15 is 0 Å². The first-order valence-electron chi connectivity index (χ1n) is 4.45. The van der Waals surface area contributed by atoms with Gasteiger partial charge in [-0.15, -0.1) is 0 Å². The predicted molar refractivity (Wildman–Crippen MR) is 48.7 cm³/mol. The minimum atomic E-state index is -3.04. The second-order valence-corrected chi connectivity index (χ2v) is 3.16. The fourth-order valence-corrected chi connectivity index (χ4v) is 1.21. The van der Waals surface area contributed by atoms with Gasteiger partial charge in [0.2, 0.25) is 11.7 Å². The average Bonchev–Trinajstić information content (AvgIpc) is 2.82. The Labute approximate surface area is 92.8 Å². The number of aromatic carboxylic acids is 1. The van der Waals surface area contributed by atoms with Gasteiger partial charge in [-0.1, -0.05) is 5.16 Å². The number of oxazole rings is 1. The molecule has 2 aromatic rings. The molecular formula is C9H6F2N2O4. The SMILES string of the molecule is Cc1cc(-c2nc(C(F)F)c(C(=O)O)o2)no1. The van der Waals surface area contributed by atoms with Crippen LogP contribution in [0.25, 0.3) is 11.6 Å². The van der Waals surface area contributed by atoms with Crippen molar-refractivity contribution in [2.24, 2.45) is 0 Å². The molecule has 6 nitrogen and oxygen atoms in total. The number of alkyl halides is 2. The highest BCUT2D eigenvalue weighted by atomic mass is 19.3. The van der Waals surface area contributed by atoms with Crippen molar-refractivity contribution in [3.63, 3.8) is 0 Å². The van der Waals surface area contributed by atoms with Crippen molar-refractivity contribution in [2.45, 2.75) is 13.3 Å². The molecule has 8 heteroatoms. The molecule has 2 rings (SSSR count). The molecule has 0 spiro atoms. The highest BCUT2D eigenvalue weighted by molar-refractivity contribution is 5.86. The minimum absolute atomic E-state index is 0.0666. The molecule has 0 saturated carbocycles. The predicted octanol–water partition coefficient (Wildman–Crippen LogP) is 2.27. The van der Waals surface area contributed by atoms with E-state index in [9.17, 15) is 13.6 Å². The quantitative estimate of drug-likeness (QED) is 0.890. The molecule has 0 saturated heterocycles. The number of hydrogen-bond acceptors (Lipinski definition) is 5. The molecule has 90 valence electrons. The topological polar surface area (TPSA) is 89.4 Å². The van der Waals surface area contributed by atoms with Crippen LogP contribution in [0.5, 0.6) is 0 Å². The number of hydrogen-bond donors (Lipinski definition) is 1. The van der Waals surface area contributed by atoms with E-state index in [0.717, 1.165) is 0 Å². The van der Waals surface area contributed by atoms with Crippen LogP contribution in [0.4, 0.5) is 8.78 Å².